The molecule has 3 heterocycles. The van der Waals surface area contributed by atoms with Gasteiger partial charge in [-0.1, -0.05) is 42.5 Å². The first kappa shape index (κ1) is 12.6. The quantitative estimate of drug-likeness (QED) is 0.716. The number of aliphatic carboxylic acids is 1. The highest BCUT2D eigenvalue weighted by Gasteiger charge is 2.65. The molecule has 0 N–H and O–H groups in total. The molecule has 5 nitrogen and oxygen atoms in total. The molecule has 0 aromatic heterocycles. The minimum atomic E-state index is -1.20. The number of likely N-dealkylation sites (tertiary alicyclic amines) is 1. The standard InChI is InChI=1S/C16H15NO4/c18-14-13-12(15(19)20)11-6-7-16(13,21-11)9-17(14)8-10-4-2-1-3-5-10/h1-7,11-13H,8-9H2,(H,19,20)/p-1/t11-,12+,13-,16-/m1/s1. The molecule has 108 valence electrons. The second-order valence-corrected chi connectivity index (χ2v) is 5.90. The van der Waals surface area contributed by atoms with E-state index in [1.165, 1.54) is 0 Å². The van der Waals surface area contributed by atoms with Gasteiger partial charge in [-0.05, 0) is 5.56 Å². The Kier molecular flexibility index (Phi) is 2.50. The number of ether oxygens (including phenoxy) is 1. The van der Waals surface area contributed by atoms with Crippen molar-refractivity contribution >= 4 is 11.9 Å². The molecule has 4 atom stereocenters. The van der Waals surface area contributed by atoms with Crippen molar-refractivity contribution in [1.29, 1.82) is 0 Å². The summed E-state index contributed by atoms with van der Waals surface area (Å²) in [6, 6.07) is 9.65. The third-order valence-electron chi connectivity index (χ3n) is 4.67. The molecular formula is C16H14NO4-. The molecule has 3 aliphatic heterocycles. The molecule has 1 amide bonds. The van der Waals surface area contributed by atoms with Crippen molar-refractivity contribution in [3.8, 4) is 0 Å². The zero-order valence-electron chi connectivity index (χ0n) is 11.3. The summed E-state index contributed by atoms with van der Waals surface area (Å²) in [5, 5.41) is 11.3. The van der Waals surface area contributed by atoms with Crippen LogP contribution in [0.2, 0.25) is 0 Å². The van der Waals surface area contributed by atoms with Gasteiger partial charge in [0.25, 0.3) is 0 Å². The summed E-state index contributed by atoms with van der Waals surface area (Å²) in [7, 11) is 0. The van der Waals surface area contributed by atoms with Crippen LogP contribution in [0, 0.1) is 11.8 Å². The lowest BCUT2D eigenvalue weighted by molar-refractivity contribution is -0.313. The average Bonchev–Trinajstić information content (AvgIpc) is 3.09. The predicted octanol–water partition coefficient (Wildman–Crippen LogP) is -0.282. The van der Waals surface area contributed by atoms with Crippen molar-refractivity contribution in [2.24, 2.45) is 11.8 Å². The van der Waals surface area contributed by atoms with Gasteiger partial charge in [-0.2, -0.15) is 0 Å². The molecule has 1 aromatic carbocycles. The third-order valence-corrected chi connectivity index (χ3v) is 4.67. The van der Waals surface area contributed by atoms with Crippen molar-refractivity contribution in [1.82, 2.24) is 4.90 Å². The maximum atomic E-state index is 12.6. The van der Waals surface area contributed by atoms with Gasteiger partial charge < -0.3 is 19.5 Å². The second-order valence-electron chi connectivity index (χ2n) is 5.90. The van der Waals surface area contributed by atoms with Crippen LogP contribution in [0.5, 0.6) is 0 Å². The maximum absolute atomic E-state index is 12.6. The monoisotopic (exact) mass is 284 g/mol. The number of amides is 1. The number of rotatable bonds is 3. The number of nitrogens with zero attached hydrogens (tertiary/aromatic N) is 1. The maximum Gasteiger partial charge on any atom is 0.230 e. The SMILES string of the molecule is O=C([O-])[C@H]1[C@H]2C=C[C@]3(CN(Cc4ccccc4)C(=O)[C@@H]13)O2. The van der Waals surface area contributed by atoms with Gasteiger partial charge in [0.15, 0.2) is 0 Å². The van der Waals surface area contributed by atoms with E-state index in [9.17, 15) is 14.7 Å². The molecule has 0 radical (unpaired) electrons. The van der Waals surface area contributed by atoms with Crippen LogP contribution >= 0.6 is 0 Å². The Morgan fingerprint density at radius 3 is 2.86 bits per heavy atom. The predicted molar refractivity (Wildman–Crippen MR) is 70.6 cm³/mol. The molecule has 2 saturated heterocycles. The highest BCUT2D eigenvalue weighted by Crippen LogP contribution is 2.51. The molecule has 1 spiro atoms. The van der Waals surface area contributed by atoms with Crippen molar-refractivity contribution in [2.45, 2.75) is 18.2 Å². The number of fused-ring (bicyclic) bond motifs is 1. The van der Waals surface area contributed by atoms with Gasteiger partial charge >= 0.3 is 0 Å². The van der Waals surface area contributed by atoms with Crippen molar-refractivity contribution in [3.63, 3.8) is 0 Å². The second kappa shape index (κ2) is 4.18. The number of carbonyl (C=O) groups excluding carboxylic acids is 2. The van der Waals surface area contributed by atoms with Crippen LogP contribution in [-0.2, 0) is 20.9 Å². The Morgan fingerprint density at radius 2 is 2.14 bits per heavy atom. The van der Waals surface area contributed by atoms with Gasteiger partial charge in [-0.3, -0.25) is 4.79 Å². The van der Waals surface area contributed by atoms with Crippen LogP contribution < -0.4 is 5.11 Å². The summed E-state index contributed by atoms with van der Waals surface area (Å²) in [5.41, 5.74) is 0.243. The van der Waals surface area contributed by atoms with Crippen LogP contribution in [0.25, 0.3) is 0 Å². The Labute approximate surface area is 121 Å². The van der Waals surface area contributed by atoms with Crippen LogP contribution in [-0.4, -0.2) is 35.0 Å². The molecule has 2 bridgehead atoms. The summed E-state index contributed by atoms with van der Waals surface area (Å²) >= 11 is 0. The molecule has 5 heteroatoms. The highest BCUT2D eigenvalue weighted by molar-refractivity contribution is 5.90. The summed E-state index contributed by atoms with van der Waals surface area (Å²) < 4.78 is 5.80. The molecule has 21 heavy (non-hydrogen) atoms. The molecule has 2 fully saturated rings. The summed E-state index contributed by atoms with van der Waals surface area (Å²) in [6.45, 7) is 0.877. The minimum Gasteiger partial charge on any atom is -0.550 e. The number of hydrogen-bond acceptors (Lipinski definition) is 4. The van der Waals surface area contributed by atoms with Crippen LogP contribution in [0.15, 0.2) is 42.5 Å². The van der Waals surface area contributed by atoms with Crippen molar-refractivity contribution in [3.05, 3.63) is 48.0 Å². The molecule has 0 aliphatic carbocycles. The van der Waals surface area contributed by atoms with E-state index < -0.39 is 29.5 Å². The van der Waals surface area contributed by atoms with Gasteiger partial charge in [0.05, 0.1) is 18.6 Å². The number of carboxylic acid groups (broad SMARTS) is 1. The lowest BCUT2D eigenvalue weighted by Gasteiger charge is -2.24. The zero-order chi connectivity index (χ0) is 14.6. The highest BCUT2D eigenvalue weighted by atomic mass is 16.5. The largest absolute Gasteiger partial charge is 0.550 e. The molecule has 4 rings (SSSR count). The van der Waals surface area contributed by atoms with E-state index in [2.05, 4.69) is 0 Å². The Hall–Kier alpha value is -2.14. The van der Waals surface area contributed by atoms with Crippen LogP contribution in [0.3, 0.4) is 0 Å². The van der Waals surface area contributed by atoms with Gasteiger partial charge in [0.1, 0.15) is 5.60 Å². The normalized spacial score (nSPS) is 36.3. The number of hydrogen-bond donors (Lipinski definition) is 0. The Balaban J connectivity index is 1.63. The van der Waals surface area contributed by atoms with Gasteiger partial charge in [0.2, 0.25) is 5.91 Å². The van der Waals surface area contributed by atoms with E-state index in [4.69, 9.17) is 4.74 Å². The fourth-order valence-electron chi connectivity index (χ4n) is 3.78. The van der Waals surface area contributed by atoms with E-state index in [-0.39, 0.29) is 5.91 Å². The molecular weight excluding hydrogens is 270 g/mol. The Morgan fingerprint density at radius 1 is 1.38 bits per heavy atom. The molecule has 0 saturated carbocycles. The lowest BCUT2D eigenvalue weighted by atomic mass is 9.77. The zero-order valence-corrected chi connectivity index (χ0v) is 11.3. The van der Waals surface area contributed by atoms with Gasteiger partial charge in [-0.15, -0.1) is 0 Å². The van der Waals surface area contributed by atoms with E-state index in [0.29, 0.717) is 13.1 Å². The first-order chi connectivity index (χ1) is 10.1. The van der Waals surface area contributed by atoms with E-state index in [1.807, 2.05) is 36.4 Å². The van der Waals surface area contributed by atoms with Gasteiger partial charge in [0, 0.05) is 18.4 Å². The fourth-order valence-corrected chi connectivity index (χ4v) is 3.78. The lowest BCUT2D eigenvalue weighted by Crippen LogP contribution is -2.45. The number of carbonyl (C=O) groups is 2. The summed E-state index contributed by atoms with van der Waals surface area (Å²) in [4.78, 5) is 25.6. The van der Waals surface area contributed by atoms with E-state index in [1.54, 1.807) is 11.0 Å². The summed E-state index contributed by atoms with van der Waals surface area (Å²) in [6.07, 6.45) is 3.07. The first-order valence-electron chi connectivity index (χ1n) is 7.01. The van der Waals surface area contributed by atoms with Gasteiger partial charge in [-0.25, -0.2) is 0 Å². The Bertz CT molecular complexity index is 641. The topological polar surface area (TPSA) is 69.7 Å². The number of carboxylic acids is 1. The van der Waals surface area contributed by atoms with Crippen molar-refractivity contribution < 1.29 is 19.4 Å². The van der Waals surface area contributed by atoms with Crippen LogP contribution in [0.4, 0.5) is 0 Å². The van der Waals surface area contributed by atoms with E-state index >= 15 is 0 Å². The number of benzene rings is 1. The first-order valence-corrected chi connectivity index (χ1v) is 7.01. The molecule has 3 aliphatic rings. The third kappa shape index (κ3) is 1.67. The van der Waals surface area contributed by atoms with E-state index in [0.717, 1.165) is 5.56 Å². The molecule has 1 aromatic rings. The average molecular weight is 284 g/mol. The van der Waals surface area contributed by atoms with Crippen LogP contribution in [0.1, 0.15) is 5.56 Å². The minimum absolute atomic E-state index is 0.153. The smallest absolute Gasteiger partial charge is 0.230 e. The fraction of sp³-hybridized carbons (Fsp3) is 0.375. The molecule has 0 unspecified atom stereocenters. The van der Waals surface area contributed by atoms with Crippen molar-refractivity contribution in [2.75, 3.05) is 6.54 Å². The summed E-state index contributed by atoms with van der Waals surface area (Å²) in [5.74, 6) is -2.88.